The second kappa shape index (κ2) is 8.91. The zero-order valence-corrected chi connectivity index (χ0v) is 18.9. The molecular weight excluding hydrogens is 418 g/mol. The van der Waals surface area contributed by atoms with E-state index >= 15 is 0 Å². The number of ether oxygens (including phenoxy) is 2. The van der Waals surface area contributed by atoms with Gasteiger partial charge in [-0.2, -0.15) is 5.10 Å². The summed E-state index contributed by atoms with van der Waals surface area (Å²) in [7, 11) is 0. The van der Waals surface area contributed by atoms with Gasteiger partial charge in [-0.05, 0) is 63.3 Å². The second-order valence-electron chi connectivity index (χ2n) is 8.30. The molecule has 1 aliphatic heterocycles. The van der Waals surface area contributed by atoms with E-state index in [-0.39, 0.29) is 12.5 Å². The summed E-state index contributed by atoms with van der Waals surface area (Å²) in [6.45, 7) is 7.43. The number of benzene rings is 1. The summed E-state index contributed by atoms with van der Waals surface area (Å²) in [5.74, 6) is 0.718. The molecule has 2 heterocycles. The molecule has 8 heteroatoms. The minimum absolute atomic E-state index is 0.121. The third-order valence-corrected chi connectivity index (χ3v) is 6.07. The first-order valence-electron chi connectivity index (χ1n) is 10.8. The Bertz CT molecular complexity index is 999. The lowest BCUT2D eigenvalue weighted by atomic mass is 10.0. The van der Waals surface area contributed by atoms with E-state index in [1.54, 1.807) is 36.9 Å². The van der Waals surface area contributed by atoms with Crippen LogP contribution in [0.25, 0.3) is 0 Å². The predicted octanol–water partition coefficient (Wildman–Crippen LogP) is 3.78. The molecule has 31 heavy (non-hydrogen) atoms. The zero-order chi connectivity index (χ0) is 22.1. The lowest BCUT2D eigenvalue weighted by Crippen LogP contribution is -2.43. The summed E-state index contributed by atoms with van der Waals surface area (Å²) in [6, 6.07) is 5.33. The van der Waals surface area contributed by atoms with E-state index in [2.05, 4.69) is 5.10 Å². The molecule has 0 unspecified atom stereocenters. The van der Waals surface area contributed by atoms with E-state index in [1.807, 2.05) is 11.6 Å². The molecule has 0 spiro atoms. The SMILES string of the molecule is CCOC(=O)c1nn(CC2CC2)c2c1CN(C(=O)[C@@H](C)Oc1ccc(Cl)cc1C)CC2. The van der Waals surface area contributed by atoms with Crippen molar-refractivity contribution in [3.8, 4) is 5.75 Å². The third-order valence-electron chi connectivity index (χ3n) is 5.83. The topological polar surface area (TPSA) is 73.7 Å². The number of aryl methyl sites for hydroxylation is 1. The molecule has 1 aromatic heterocycles. The lowest BCUT2D eigenvalue weighted by Gasteiger charge is -2.30. The van der Waals surface area contributed by atoms with Crippen LogP contribution in [0.15, 0.2) is 18.2 Å². The van der Waals surface area contributed by atoms with E-state index in [1.165, 1.54) is 12.8 Å². The maximum absolute atomic E-state index is 13.1. The quantitative estimate of drug-likeness (QED) is 0.606. The first-order chi connectivity index (χ1) is 14.9. The number of hydrogen-bond acceptors (Lipinski definition) is 5. The molecule has 1 aliphatic carbocycles. The summed E-state index contributed by atoms with van der Waals surface area (Å²) in [5, 5.41) is 5.20. The van der Waals surface area contributed by atoms with Crippen molar-refractivity contribution < 1.29 is 19.1 Å². The Hall–Kier alpha value is -2.54. The average molecular weight is 446 g/mol. The summed E-state index contributed by atoms with van der Waals surface area (Å²) >= 11 is 6.01. The van der Waals surface area contributed by atoms with Crippen LogP contribution in [0.4, 0.5) is 0 Å². The van der Waals surface area contributed by atoms with E-state index < -0.39 is 12.1 Å². The van der Waals surface area contributed by atoms with Gasteiger partial charge in [-0.25, -0.2) is 4.79 Å². The van der Waals surface area contributed by atoms with Gasteiger partial charge in [-0.1, -0.05) is 11.6 Å². The fourth-order valence-corrected chi connectivity index (χ4v) is 4.21. The highest BCUT2D eigenvalue weighted by molar-refractivity contribution is 6.30. The zero-order valence-electron chi connectivity index (χ0n) is 18.2. The molecule has 0 radical (unpaired) electrons. The Morgan fingerprint density at radius 1 is 1.32 bits per heavy atom. The van der Waals surface area contributed by atoms with Gasteiger partial charge in [-0.3, -0.25) is 9.48 Å². The predicted molar refractivity (Wildman–Crippen MR) is 116 cm³/mol. The van der Waals surface area contributed by atoms with Crippen molar-refractivity contribution in [3.05, 3.63) is 45.7 Å². The van der Waals surface area contributed by atoms with E-state index in [0.29, 0.717) is 41.9 Å². The van der Waals surface area contributed by atoms with Gasteiger partial charge in [0.05, 0.1) is 13.2 Å². The second-order valence-corrected chi connectivity index (χ2v) is 8.74. The van der Waals surface area contributed by atoms with Crippen LogP contribution in [0.3, 0.4) is 0 Å². The van der Waals surface area contributed by atoms with Crippen molar-refractivity contribution in [2.75, 3.05) is 13.2 Å². The monoisotopic (exact) mass is 445 g/mol. The van der Waals surface area contributed by atoms with Crippen LogP contribution in [0, 0.1) is 12.8 Å². The number of rotatable bonds is 7. The molecular formula is C23H28ClN3O4. The minimum atomic E-state index is -0.658. The number of carbonyl (C=O) groups is 2. The molecule has 0 bridgehead atoms. The van der Waals surface area contributed by atoms with Crippen molar-refractivity contribution in [3.63, 3.8) is 0 Å². The molecule has 0 N–H and O–H groups in total. The van der Waals surface area contributed by atoms with Crippen molar-refractivity contribution in [2.24, 2.45) is 5.92 Å². The molecule has 1 saturated carbocycles. The van der Waals surface area contributed by atoms with Crippen LogP contribution < -0.4 is 4.74 Å². The van der Waals surface area contributed by atoms with Gasteiger partial charge in [0.2, 0.25) is 0 Å². The molecule has 2 aliphatic rings. The molecule has 1 amide bonds. The smallest absolute Gasteiger partial charge is 0.359 e. The van der Waals surface area contributed by atoms with E-state index in [9.17, 15) is 9.59 Å². The van der Waals surface area contributed by atoms with Crippen LogP contribution in [0.2, 0.25) is 5.02 Å². The van der Waals surface area contributed by atoms with E-state index in [4.69, 9.17) is 21.1 Å². The van der Waals surface area contributed by atoms with Gasteiger partial charge >= 0.3 is 5.97 Å². The fourth-order valence-electron chi connectivity index (χ4n) is 3.98. The Kier molecular flexibility index (Phi) is 6.23. The van der Waals surface area contributed by atoms with Gasteiger partial charge in [0.1, 0.15) is 5.75 Å². The number of nitrogens with zero attached hydrogens (tertiary/aromatic N) is 3. The summed E-state index contributed by atoms with van der Waals surface area (Å²) < 4.78 is 13.1. The van der Waals surface area contributed by atoms with Gasteiger partial charge in [0, 0.05) is 35.8 Å². The lowest BCUT2D eigenvalue weighted by molar-refractivity contribution is -0.139. The highest BCUT2D eigenvalue weighted by Gasteiger charge is 2.34. The number of halogens is 1. The van der Waals surface area contributed by atoms with Crippen LogP contribution in [0.1, 0.15) is 54.0 Å². The Morgan fingerprint density at radius 2 is 2.10 bits per heavy atom. The molecule has 1 aromatic carbocycles. The van der Waals surface area contributed by atoms with Crippen LogP contribution in [-0.4, -0.2) is 45.8 Å². The highest BCUT2D eigenvalue weighted by atomic mass is 35.5. The molecule has 7 nitrogen and oxygen atoms in total. The Labute approximate surface area is 187 Å². The van der Waals surface area contributed by atoms with Crippen molar-refractivity contribution in [1.82, 2.24) is 14.7 Å². The maximum atomic E-state index is 13.1. The van der Waals surface area contributed by atoms with Crippen LogP contribution >= 0.6 is 11.6 Å². The molecule has 1 fully saturated rings. The number of fused-ring (bicyclic) bond motifs is 1. The van der Waals surface area contributed by atoms with Crippen molar-refractivity contribution >= 4 is 23.5 Å². The summed E-state index contributed by atoms with van der Waals surface area (Å²) in [5.41, 5.74) is 3.05. The standard InChI is InChI=1S/C23H28ClN3O4/c1-4-30-23(29)21-18-13-26(10-9-19(18)27(25-21)12-16-5-6-16)22(28)15(3)31-20-8-7-17(24)11-14(20)2/h7-8,11,15-16H,4-6,9-10,12-13H2,1-3H3/t15-/m1/s1. The maximum Gasteiger partial charge on any atom is 0.359 e. The minimum Gasteiger partial charge on any atom is -0.481 e. The van der Waals surface area contributed by atoms with Gasteiger partial charge in [-0.15, -0.1) is 0 Å². The Morgan fingerprint density at radius 3 is 2.77 bits per heavy atom. The molecule has 2 aromatic rings. The van der Waals surface area contributed by atoms with Gasteiger partial charge in [0.25, 0.3) is 5.91 Å². The highest BCUT2D eigenvalue weighted by Crippen LogP contribution is 2.33. The summed E-state index contributed by atoms with van der Waals surface area (Å²) in [6.07, 6.45) is 2.40. The normalized spacial score (nSPS) is 16.6. The number of hydrogen-bond donors (Lipinski definition) is 0. The van der Waals surface area contributed by atoms with Crippen molar-refractivity contribution in [1.29, 1.82) is 0 Å². The first kappa shape index (κ1) is 21.7. The van der Waals surface area contributed by atoms with Crippen LogP contribution in [-0.2, 0) is 29.0 Å². The van der Waals surface area contributed by atoms with Gasteiger partial charge in [0.15, 0.2) is 11.8 Å². The number of carbonyl (C=O) groups excluding carboxylic acids is 2. The first-order valence-corrected chi connectivity index (χ1v) is 11.2. The third kappa shape index (κ3) is 4.71. The fraction of sp³-hybridized carbons (Fsp3) is 0.522. The molecule has 166 valence electrons. The molecule has 0 saturated heterocycles. The largest absolute Gasteiger partial charge is 0.481 e. The number of esters is 1. The number of aromatic nitrogens is 2. The van der Waals surface area contributed by atoms with Crippen molar-refractivity contribution in [2.45, 2.75) is 59.2 Å². The Balaban J connectivity index is 1.52. The summed E-state index contributed by atoms with van der Waals surface area (Å²) in [4.78, 5) is 27.4. The molecule has 4 rings (SSSR count). The number of amides is 1. The van der Waals surface area contributed by atoms with Crippen LogP contribution in [0.5, 0.6) is 5.75 Å². The average Bonchev–Trinajstić information content (AvgIpc) is 3.49. The van der Waals surface area contributed by atoms with E-state index in [0.717, 1.165) is 23.4 Å². The molecule has 1 atom stereocenters. The van der Waals surface area contributed by atoms with Gasteiger partial charge < -0.3 is 14.4 Å².